The Hall–Kier alpha value is -1.39. The summed E-state index contributed by atoms with van der Waals surface area (Å²) in [5.74, 6) is 0.797. The van der Waals surface area contributed by atoms with Crippen molar-refractivity contribution in [3.8, 4) is 5.75 Å². The van der Waals surface area contributed by atoms with Crippen LogP contribution in [0.1, 0.15) is 11.1 Å². The highest BCUT2D eigenvalue weighted by Crippen LogP contribution is 2.19. The minimum absolute atomic E-state index is 0.396. The molecule has 0 unspecified atom stereocenters. The highest BCUT2D eigenvalue weighted by atomic mass is 79.9. The van der Waals surface area contributed by atoms with Crippen molar-refractivity contribution in [2.45, 2.75) is 6.61 Å². The summed E-state index contributed by atoms with van der Waals surface area (Å²) in [6.45, 7) is 0.522. The van der Waals surface area contributed by atoms with Crippen LogP contribution in [0.25, 0.3) is 0 Å². The maximum Gasteiger partial charge on any atom is 0.119 e. The third-order valence-electron chi connectivity index (χ3n) is 2.49. The molecule has 0 amide bonds. The first-order valence-electron chi connectivity index (χ1n) is 5.43. The van der Waals surface area contributed by atoms with Crippen molar-refractivity contribution in [2.24, 2.45) is 5.73 Å². The molecule has 0 heterocycles. The van der Waals surface area contributed by atoms with Crippen LogP contribution >= 0.6 is 28.1 Å². The quantitative estimate of drug-likeness (QED) is 0.873. The number of benzene rings is 2. The number of rotatable bonds is 4. The molecule has 0 saturated carbocycles. The Morgan fingerprint density at radius 2 is 1.78 bits per heavy atom. The second-order valence-electron chi connectivity index (χ2n) is 3.77. The monoisotopic (exact) mass is 321 g/mol. The number of hydrogen-bond acceptors (Lipinski definition) is 2. The van der Waals surface area contributed by atoms with Gasteiger partial charge in [0, 0.05) is 15.6 Å². The van der Waals surface area contributed by atoms with E-state index in [1.165, 1.54) is 0 Å². The first-order chi connectivity index (χ1) is 8.66. The molecule has 2 N–H and O–H groups in total. The molecule has 0 aliphatic heterocycles. The lowest BCUT2D eigenvalue weighted by atomic mass is 10.2. The molecule has 0 fully saturated rings. The summed E-state index contributed by atoms with van der Waals surface area (Å²) in [4.78, 5) is 0.396. The molecule has 2 aromatic rings. The third kappa shape index (κ3) is 3.31. The fourth-order valence-corrected chi connectivity index (χ4v) is 2.03. The van der Waals surface area contributed by atoms with E-state index < -0.39 is 0 Å². The zero-order valence-electron chi connectivity index (χ0n) is 9.60. The summed E-state index contributed by atoms with van der Waals surface area (Å²) in [5.41, 5.74) is 7.49. The van der Waals surface area contributed by atoms with Gasteiger partial charge in [-0.3, -0.25) is 0 Å². The number of thiocarbonyl (C=S) groups is 1. The predicted octanol–water partition coefficient (Wildman–Crippen LogP) is 3.66. The van der Waals surface area contributed by atoms with Gasteiger partial charge in [0.15, 0.2) is 0 Å². The van der Waals surface area contributed by atoms with Crippen LogP contribution in [-0.2, 0) is 6.61 Å². The second-order valence-corrected chi connectivity index (χ2v) is 5.06. The number of ether oxygens (including phenoxy) is 1. The van der Waals surface area contributed by atoms with Crippen LogP contribution in [0.3, 0.4) is 0 Å². The van der Waals surface area contributed by atoms with E-state index in [4.69, 9.17) is 22.7 Å². The summed E-state index contributed by atoms with van der Waals surface area (Å²) in [6.07, 6.45) is 0. The molecule has 0 spiro atoms. The van der Waals surface area contributed by atoms with E-state index >= 15 is 0 Å². The second kappa shape index (κ2) is 5.98. The van der Waals surface area contributed by atoms with Crippen molar-refractivity contribution in [1.82, 2.24) is 0 Å². The molecule has 0 aliphatic rings. The SMILES string of the molecule is NC(=S)c1ccc(OCc2ccccc2Br)cc1. The van der Waals surface area contributed by atoms with E-state index in [-0.39, 0.29) is 0 Å². The zero-order chi connectivity index (χ0) is 13.0. The third-order valence-corrected chi connectivity index (χ3v) is 3.50. The fourth-order valence-electron chi connectivity index (χ4n) is 1.49. The van der Waals surface area contributed by atoms with E-state index in [0.29, 0.717) is 11.6 Å². The first-order valence-corrected chi connectivity index (χ1v) is 6.63. The Kier molecular flexibility index (Phi) is 4.33. The largest absolute Gasteiger partial charge is 0.489 e. The normalized spacial score (nSPS) is 10.1. The predicted molar refractivity (Wildman–Crippen MR) is 80.8 cm³/mol. The lowest BCUT2D eigenvalue weighted by molar-refractivity contribution is 0.305. The van der Waals surface area contributed by atoms with Gasteiger partial charge >= 0.3 is 0 Å². The average molecular weight is 322 g/mol. The minimum atomic E-state index is 0.396. The van der Waals surface area contributed by atoms with Gasteiger partial charge in [-0.25, -0.2) is 0 Å². The van der Waals surface area contributed by atoms with Gasteiger partial charge in [0.05, 0.1) is 0 Å². The molecule has 18 heavy (non-hydrogen) atoms. The number of hydrogen-bond donors (Lipinski definition) is 1. The molecule has 4 heteroatoms. The molecule has 2 rings (SSSR count). The van der Waals surface area contributed by atoms with E-state index in [9.17, 15) is 0 Å². The van der Waals surface area contributed by atoms with Crippen molar-refractivity contribution in [1.29, 1.82) is 0 Å². The standard InChI is InChI=1S/C14H12BrNOS/c15-13-4-2-1-3-11(13)9-17-12-7-5-10(6-8-12)14(16)18/h1-8H,9H2,(H2,16,18). The molecule has 2 nitrogen and oxygen atoms in total. The van der Waals surface area contributed by atoms with Gasteiger partial charge in [-0.1, -0.05) is 46.3 Å². The Labute approximate surface area is 120 Å². The molecular weight excluding hydrogens is 310 g/mol. The van der Waals surface area contributed by atoms with E-state index in [1.54, 1.807) is 0 Å². The van der Waals surface area contributed by atoms with Crippen LogP contribution in [-0.4, -0.2) is 4.99 Å². The van der Waals surface area contributed by atoms with Crippen LogP contribution in [0.15, 0.2) is 53.0 Å². The maximum absolute atomic E-state index is 5.69. The molecule has 92 valence electrons. The fraction of sp³-hybridized carbons (Fsp3) is 0.0714. The van der Waals surface area contributed by atoms with Crippen LogP contribution < -0.4 is 10.5 Å². The molecular formula is C14H12BrNOS. The van der Waals surface area contributed by atoms with Crippen LogP contribution in [0.5, 0.6) is 5.75 Å². The molecule has 0 aromatic heterocycles. The molecule has 0 radical (unpaired) electrons. The van der Waals surface area contributed by atoms with Crippen LogP contribution in [0.2, 0.25) is 0 Å². The number of nitrogens with two attached hydrogens (primary N) is 1. The van der Waals surface area contributed by atoms with Crippen molar-refractivity contribution in [3.05, 3.63) is 64.1 Å². The average Bonchev–Trinajstić information content (AvgIpc) is 2.38. The molecule has 0 aliphatic carbocycles. The molecule has 0 saturated heterocycles. The summed E-state index contributed by atoms with van der Waals surface area (Å²) >= 11 is 8.38. The Morgan fingerprint density at radius 3 is 2.39 bits per heavy atom. The van der Waals surface area contributed by atoms with Crippen molar-refractivity contribution in [3.63, 3.8) is 0 Å². The van der Waals surface area contributed by atoms with Crippen molar-refractivity contribution < 1.29 is 4.74 Å². The van der Waals surface area contributed by atoms with Gasteiger partial charge in [-0.15, -0.1) is 0 Å². The lowest BCUT2D eigenvalue weighted by Crippen LogP contribution is -2.08. The summed E-state index contributed by atoms with van der Waals surface area (Å²) in [7, 11) is 0. The summed E-state index contributed by atoms with van der Waals surface area (Å²) in [5, 5.41) is 0. The maximum atomic E-state index is 5.69. The lowest BCUT2D eigenvalue weighted by Gasteiger charge is -2.08. The Balaban J connectivity index is 2.02. The molecule has 0 bridgehead atoms. The van der Waals surface area contributed by atoms with Crippen LogP contribution in [0.4, 0.5) is 0 Å². The highest BCUT2D eigenvalue weighted by molar-refractivity contribution is 9.10. The zero-order valence-corrected chi connectivity index (χ0v) is 12.0. The van der Waals surface area contributed by atoms with E-state index in [1.807, 2.05) is 48.5 Å². The Bertz CT molecular complexity index is 554. The minimum Gasteiger partial charge on any atom is -0.489 e. The highest BCUT2D eigenvalue weighted by Gasteiger charge is 2.01. The van der Waals surface area contributed by atoms with E-state index in [0.717, 1.165) is 21.3 Å². The molecule has 0 atom stereocenters. The van der Waals surface area contributed by atoms with Gasteiger partial charge in [-0.2, -0.15) is 0 Å². The number of halogens is 1. The first kappa shape index (κ1) is 13.1. The van der Waals surface area contributed by atoms with E-state index in [2.05, 4.69) is 15.9 Å². The molecule has 2 aromatic carbocycles. The summed E-state index contributed by atoms with van der Waals surface area (Å²) < 4.78 is 6.74. The van der Waals surface area contributed by atoms with Gasteiger partial charge in [0.1, 0.15) is 17.3 Å². The van der Waals surface area contributed by atoms with Crippen molar-refractivity contribution >= 4 is 33.1 Å². The van der Waals surface area contributed by atoms with Crippen molar-refractivity contribution in [2.75, 3.05) is 0 Å². The van der Waals surface area contributed by atoms with Gasteiger partial charge in [-0.05, 0) is 30.3 Å². The van der Waals surface area contributed by atoms with Gasteiger partial charge in [0.25, 0.3) is 0 Å². The summed E-state index contributed by atoms with van der Waals surface area (Å²) in [6, 6.07) is 15.4. The Morgan fingerprint density at radius 1 is 1.11 bits per heavy atom. The van der Waals surface area contributed by atoms with Crippen LogP contribution in [0, 0.1) is 0 Å². The topological polar surface area (TPSA) is 35.2 Å². The van der Waals surface area contributed by atoms with Gasteiger partial charge in [0.2, 0.25) is 0 Å². The van der Waals surface area contributed by atoms with Gasteiger partial charge < -0.3 is 10.5 Å². The smallest absolute Gasteiger partial charge is 0.119 e.